The van der Waals surface area contributed by atoms with Gasteiger partial charge in [-0.15, -0.1) is 22.9 Å². The van der Waals surface area contributed by atoms with Gasteiger partial charge in [-0.2, -0.15) is 0 Å². The number of alkyl halides is 1. The molecule has 0 spiro atoms. The summed E-state index contributed by atoms with van der Waals surface area (Å²) in [7, 11) is 2.16. The highest BCUT2D eigenvalue weighted by Crippen LogP contribution is 2.26. The van der Waals surface area contributed by atoms with Crippen molar-refractivity contribution in [3.05, 3.63) is 11.1 Å². The number of halogens is 1. The Bertz CT molecular complexity index is 437. The fourth-order valence-corrected chi connectivity index (χ4v) is 3.50. The topological polar surface area (TPSA) is 36.4 Å². The van der Waals surface area contributed by atoms with E-state index in [1.807, 2.05) is 5.38 Å². The Hall–Kier alpha value is -0.650. The Morgan fingerprint density at radius 1 is 1.58 bits per heavy atom. The molecule has 1 unspecified atom stereocenters. The number of hydrogen-bond acceptors (Lipinski definition) is 5. The van der Waals surface area contributed by atoms with Gasteiger partial charge in [-0.3, -0.25) is 4.79 Å². The third-order valence-electron chi connectivity index (χ3n) is 3.52. The van der Waals surface area contributed by atoms with E-state index < -0.39 is 0 Å². The maximum Gasteiger partial charge on any atom is 0.196 e. The highest BCUT2D eigenvalue weighted by Gasteiger charge is 2.24. The molecule has 1 aromatic heterocycles. The summed E-state index contributed by atoms with van der Waals surface area (Å²) in [5.41, 5.74) is 0.502. The summed E-state index contributed by atoms with van der Waals surface area (Å²) < 4.78 is 0. The van der Waals surface area contributed by atoms with Gasteiger partial charge in [-0.1, -0.05) is 6.92 Å². The SMILES string of the molecule is CCC1CN(C)CCCN1c1nc(C(=O)CCl)cs1. The van der Waals surface area contributed by atoms with Crippen LogP contribution in [0.4, 0.5) is 5.13 Å². The van der Waals surface area contributed by atoms with Crippen LogP contribution in [0, 0.1) is 0 Å². The molecule has 1 atom stereocenters. The van der Waals surface area contributed by atoms with Crippen molar-refractivity contribution in [1.29, 1.82) is 0 Å². The number of anilines is 1. The van der Waals surface area contributed by atoms with Crippen LogP contribution in [0.5, 0.6) is 0 Å². The van der Waals surface area contributed by atoms with E-state index in [1.54, 1.807) is 11.3 Å². The van der Waals surface area contributed by atoms with E-state index in [2.05, 4.69) is 28.8 Å². The van der Waals surface area contributed by atoms with Crippen LogP contribution in [-0.4, -0.2) is 54.3 Å². The number of aromatic nitrogens is 1. The number of hydrogen-bond donors (Lipinski definition) is 0. The van der Waals surface area contributed by atoms with E-state index >= 15 is 0 Å². The minimum absolute atomic E-state index is 0.00309. The van der Waals surface area contributed by atoms with E-state index in [-0.39, 0.29) is 11.7 Å². The van der Waals surface area contributed by atoms with Gasteiger partial charge in [0.05, 0.1) is 5.88 Å². The van der Waals surface area contributed by atoms with E-state index in [9.17, 15) is 4.79 Å². The zero-order valence-electron chi connectivity index (χ0n) is 11.4. The lowest BCUT2D eigenvalue weighted by molar-refractivity contribution is 0.101. The molecular weight excluding hydrogens is 282 g/mol. The van der Waals surface area contributed by atoms with E-state index in [1.165, 1.54) is 0 Å². The van der Waals surface area contributed by atoms with Gasteiger partial charge in [-0.25, -0.2) is 4.98 Å². The number of carbonyl (C=O) groups is 1. The minimum Gasteiger partial charge on any atom is -0.344 e. The second-order valence-electron chi connectivity index (χ2n) is 4.94. The molecule has 0 aromatic carbocycles. The van der Waals surface area contributed by atoms with Crippen LogP contribution in [-0.2, 0) is 0 Å². The Morgan fingerprint density at radius 2 is 2.37 bits per heavy atom. The van der Waals surface area contributed by atoms with Crippen LogP contribution in [0.15, 0.2) is 5.38 Å². The molecule has 0 radical (unpaired) electrons. The van der Waals surface area contributed by atoms with Gasteiger partial charge in [-0.05, 0) is 26.4 Å². The Labute approximate surface area is 123 Å². The number of rotatable bonds is 4. The molecule has 4 nitrogen and oxygen atoms in total. The highest BCUT2D eigenvalue weighted by atomic mass is 35.5. The van der Waals surface area contributed by atoms with Gasteiger partial charge < -0.3 is 9.80 Å². The smallest absolute Gasteiger partial charge is 0.196 e. The van der Waals surface area contributed by atoms with Crippen LogP contribution in [0.2, 0.25) is 0 Å². The number of likely N-dealkylation sites (N-methyl/N-ethyl adjacent to an activating group) is 1. The van der Waals surface area contributed by atoms with Crippen LogP contribution >= 0.6 is 22.9 Å². The molecule has 1 aromatic rings. The van der Waals surface area contributed by atoms with Crippen molar-refractivity contribution in [2.75, 3.05) is 37.5 Å². The predicted octanol–water partition coefficient (Wildman–Crippen LogP) is 2.49. The van der Waals surface area contributed by atoms with Crippen molar-refractivity contribution in [1.82, 2.24) is 9.88 Å². The lowest BCUT2D eigenvalue weighted by atomic mass is 10.2. The molecule has 0 amide bonds. The van der Waals surface area contributed by atoms with Crippen LogP contribution in [0.1, 0.15) is 30.3 Å². The fraction of sp³-hybridized carbons (Fsp3) is 0.692. The van der Waals surface area contributed by atoms with Crippen LogP contribution in [0.3, 0.4) is 0 Å². The summed E-state index contributed by atoms with van der Waals surface area (Å²) in [5.74, 6) is -0.0903. The Kier molecular flexibility index (Phi) is 5.19. The van der Waals surface area contributed by atoms with Gasteiger partial charge in [0.25, 0.3) is 0 Å². The highest BCUT2D eigenvalue weighted by molar-refractivity contribution is 7.14. The molecule has 1 fully saturated rings. The molecule has 0 aliphatic carbocycles. The number of ketones is 1. The van der Waals surface area contributed by atoms with Gasteiger partial charge >= 0.3 is 0 Å². The Balaban J connectivity index is 2.18. The molecule has 106 valence electrons. The quantitative estimate of drug-likeness (QED) is 0.632. The summed E-state index contributed by atoms with van der Waals surface area (Å²) in [5, 5.41) is 2.78. The van der Waals surface area contributed by atoms with Crippen LogP contribution in [0.25, 0.3) is 0 Å². The van der Waals surface area contributed by atoms with Gasteiger partial charge in [0.2, 0.25) is 0 Å². The number of nitrogens with zero attached hydrogens (tertiary/aromatic N) is 3. The maximum atomic E-state index is 11.6. The third kappa shape index (κ3) is 3.46. The molecule has 1 saturated heterocycles. The maximum absolute atomic E-state index is 11.6. The molecule has 19 heavy (non-hydrogen) atoms. The monoisotopic (exact) mass is 301 g/mol. The van der Waals surface area contributed by atoms with Crippen molar-refractivity contribution >= 4 is 33.9 Å². The normalized spacial score (nSPS) is 21.4. The zero-order chi connectivity index (χ0) is 13.8. The first-order chi connectivity index (χ1) is 9.15. The summed E-state index contributed by atoms with van der Waals surface area (Å²) >= 11 is 7.12. The average molecular weight is 302 g/mol. The lowest BCUT2D eigenvalue weighted by Gasteiger charge is -2.29. The second kappa shape index (κ2) is 6.68. The van der Waals surface area contributed by atoms with Crippen LogP contribution < -0.4 is 4.90 Å². The van der Waals surface area contributed by atoms with Crippen molar-refractivity contribution in [2.24, 2.45) is 0 Å². The van der Waals surface area contributed by atoms with Gasteiger partial charge in [0.1, 0.15) is 5.69 Å². The summed E-state index contributed by atoms with van der Waals surface area (Å²) in [6.45, 7) is 5.38. The second-order valence-corrected chi connectivity index (χ2v) is 6.05. The van der Waals surface area contributed by atoms with E-state index in [0.29, 0.717) is 11.7 Å². The molecule has 1 aliphatic rings. The van der Waals surface area contributed by atoms with Crippen molar-refractivity contribution in [2.45, 2.75) is 25.8 Å². The van der Waals surface area contributed by atoms with Gasteiger partial charge in [0, 0.05) is 24.5 Å². The molecule has 2 heterocycles. The lowest BCUT2D eigenvalue weighted by Crippen LogP contribution is -2.39. The molecule has 2 rings (SSSR count). The largest absolute Gasteiger partial charge is 0.344 e. The van der Waals surface area contributed by atoms with E-state index in [0.717, 1.165) is 37.6 Å². The number of thiazole rings is 1. The standard InChI is InChI=1S/C13H20ClN3OS/c1-3-10-8-16(2)5-4-6-17(10)13-15-11(9-19-13)12(18)7-14/h9-10H,3-8H2,1-2H3. The van der Waals surface area contributed by atoms with Crippen molar-refractivity contribution in [3.63, 3.8) is 0 Å². The number of Topliss-reactive ketones (excluding diaryl/α,β-unsaturated/α-hetero) is 1. The summed E-state index contributed by atoms with van der Waals surface area (Å²) in [6.07, 6.45) is 2.22. The fourth-order valence-electron chi connectivity index (χ4n) is 2.44. The summed E-state index contributed by atoms with van der Waals surface area (Å²) in [4.78, 5) is 20.7. The first-order valence-corrected chi connectivity index (χ1v) is 8.07. The van der Waals surface area contributed by atoms with Crippen molar-refractivity contribution in [3.8, 4) is 0 Å². The Morgan fingerprint density at radius 3 is 3.05 bits per heavy atom. The van der Waals surface area contributed by atoms with E-state index in [4.69, 9.17) is 11.6 Å². The predicted molar refractivity (Wildman–Crippen MR) is 80.7 cm³/mol. The first-order valence-electron chi connectivity index (χ1n) is 6.65. The average Bonchev–Trinajstić information content (AvgIpc) is 2.82. The first kappa shape index (κ1) is 14.8. The van der Waals surface area contributed by atoms with Crippen molar-refractivity contribution < 1.29 is 4.79 Å². The number of carbonyl (C=O) groups excluding carboxylic acids is 1. The summed E-state index contributed by atoms with van der Waals surface area (Å²) in [6, 6.07) is 0.470. The molecule has 1 aliphatic heterocycles. The molecule has 6 heteroatoms. The molecule has 0 bridgehead atoms. The zero-order valence-corrected chi connectivity index (χ0v) is 13.0. The van der Waals surface area contributed by atoms with Gasteiger partial charge in [0.15, 0.2) is 10.9 Å². The molecular formula is C13H20ClN3OS. The molecule has 0 N–H and O–H groups in total. The molecule has 0 saturated carbocycles. The minimum atomic E-state index is -0.0934. The third-order valence-corrected chi connectivity index (χ3v) is 4.64.